The second-order valence-electron chi connectivity index (χ2n) is 2.51. The van der Waals surface area contributed by atoms with Gasteiger partial charge in [-0.2, -0.15) is 0 Å². The maximum Gasteiger partial charge on any atom is 0.0434 e. The van der Waals surface area contributed by atoms with Crippen LogP contribution < -0.4 is 0 Å². The zero-order valence-corrected chi connectivity index (χ0v) is 6.25. The monoisotopic (exact) mass is 139 g/mol. The molecule has 0 saturated heterocycles. The largest absolute Gasteiger partial charge is 0.396 e. The molecule has 0 atom stereocenters. The lowest BCUT2D eigenvalue weighted by Gasteiger charge is -1.91. The van der Waals surface area contributed by atoms with Gasteiger partial charge < -0.3 is 9.67 Å². The lowest BCUT2D eigenvalue weighted by atomic mass is 10.2. The van der Waals surface area contributed by atoms with Gasteiger partial charge in [0, 0.05) is 26.0 Å². The summed E-state index contributed by atoms with van der Waals surface area (Å²) in [6.45, 7) is 0.287. The van der Waals surface area contributed by atoms with Gasteiger partial charge in [0.1, 0.15) is 0 Å². The third kappa shape index (κ3) is 1.88. The maximum absolute atomic E-state index is 8.53. The summed E-state index contributed by atoms with van der Waals surface area (Å²) in [5, 5.41) is 8.53. The van der Waals surface area contributed by atoms with Crippen LogP contribution in [0, 0.1) is 0 Å². The van der Waals surface area contributed by atoms with E-state index in [1.807, 2.05) is 17.8 Å². The van der Waals surface area contributed by atoms with Gasteiger partial charge in [-0.3, -0.25) is 0 Å². The van der Waals surface area contributed by atoms with Crippen LogP contribution in [0.2, 0.25) is 0 Å². The molecule has 0 spiro atoms. The van der Waals surface area contributed by atoms with Crippen LogP contribution >= 0.6 is 0 Å². The molecule has 1 aromatic heterocycles. The molecule has 0 aliphatic rings. The molecular weight excluding hydrogens is 126 g/mol. The van der Waals surface area contributed by atoms with Crippen molar-refractivity contribution in [1.82, 2.24) is 4.57 Å². The molecule has 2 heteroatoms. The van der Waals surface area contributed by atoms with E-state index in [1.54, 1.807) is 0 Å². The van der Waals surface area contributed by atoms with Crippen LogP contribution in [-0.2, 0) is 13.5 Å². The summed E-state index contributed by atoms with van der Waals surface area (Å²) in [6, 6.07) is 2.08. The average molecular weight is 139 g/mol. The molecule has 0 amide bonds. The predicted molar refractivity (Wildman–Crippen MR) is 40.8 cm³/mol. The van der Waals surface area contributed by atoms with E-state index in [1.165, 1.54) is 5.56 Å². The van der Waals surface area contributed by atoms with E-state index in [-0.39, 0.29) is 6.61 Å². The first-order chi connectivity index (χ1) is 4.83. The second-order valence-corrected chi connectivity index (χ2v) is 2.51. The Morgan fingerprint density at radius 3 is 2.90 bits per heavy atom. The van der Waals surface area contributed by atoms with Crippen molar-refractivity contribution >= 4 is 0 Å². The Morgan fingerprint density at radius 2 is 2.40 bits per heavy atom. The maximum atomic E-state index is 8.53. The molecule has 0 bridgehead atoms. The Balaban J connectivity index is 2.42. The van der Waals surface area contributed by atoms with E-state index in [4.69, 9.17) is 5.11 Å². The van der Waals surface area contributed by atoms with Crippen molar-refractivity contribution in [1.29, 1.82) is 0 Å². The number of nitrogens with zero attached hydrogens (tertiary/aromatic N) is 1. The van der Waals surface area contributed by atoms with Crippen molar-refractivity contribution in [3.63, 3.8) is 0 Å². The van der Waals surface area contributed by atoms with E-state index in [0.717, 1.165) is 12.8 Å². The van der Waals surface area contributed by atoms with Crippen molar-refractivity contribution in [2.75, 3.05) is 6.61 Å². The van der Waals surface area contributed by atoms with Crippen LogP contribution in [0.1, 0.15) is 12.0 Å². The van der Waals surface area contributed by atoms with Crippen molar-refractivity contribution < 1.29 is 5.11 Å². The number of rotatable bonds is 3. The molecule has 1 N–H and O–H groups in total. The number of aryl methyl sites for hydroxylation is 2. The van der Waals surface area contributed by atoms with Crippen molar-refractivity contribution in [3.8, 4) is 0 Å². The molecule has 1 heterocycles. The summed E-state index contributed by atoms with van der Waals surface area (Å²) in [7, 11) is 2.00. The van der Waals surface area contributed by atoms with Crippen LogP contribution in [0.25, 0.3) is 0 Å². The molecule has 10 heavy (non-hydrogen) atoms. The number of hydrogen-bond acceptors (Lipinski definition) is 1. The Hall–Kier alpha value is -0.760. The topological polar surface area (TPSA) is 25.2 Å². The fourth-order valence-corrected chi connectivity index (χ4v) is 0.992. The van der Waals surface area contributed by atoms with Crippen molar-refractivity contribution in [2.24, 2.45) is 7.05 Å². The first-order valence-electron chi connectivity index (χ1n) is 3.54. The zero-order valence-electron chi connectivity index (χ0n) is 6.25. The average Bonchev–Trinajstić information content (AvgIpc) is 2.31. The molecule has 2 nitrogen and oxygen atoms in total. The molecule has 1 rings (SSSR count). The highest BCUT2D eigenvalue weighted by Crippen LogP contribution is 2.01. The number of aliphatic hydroxyl groups excluding tert-OH is 1. The van der Waals surface area contributed by atoms with Crippen molar-refractivity contribution in [2.45, 2.75) is 12.8 Å². The van der Waals surface area contributed by atoms with Gasteiger partial charge in [-0.25, -0.2) is 0 Å². The summed E-state index contributed by atoms with van der Waals surface area (Å²) >= 11 is 0. The highest BCUT2D eigenvalue weighted by molar-refractivity contribution is 5.09. The van der Waals surface area contributed by atoms with Crippen molar-refractivity contribution in [3.05, 3.63) is 24.0 Å². The predicted octanol–water partition coefficient (Wildman–Crippen LogP) is 0.950. The van der Waals surface area contributed by atoms with E-state index in [2.05, 4.69) is 12.3 Å². The highest BCUT2D eigenvalue weighted by Gasteiger charge is 1.92. The number of hydrogen-bond donors (Lipinski definition) is 1. The zero-order chi connectivity index (χ0) is 7.40. The number of aromatic nitrogens is 1. The minimum absolute atomic E-state index is 0.287. The van der Waals surface area contributed by atoms with Gasteiger partial charge in [0.05, 0.1) is 0 Å². The van der Waals surface area contributed by atoms with Crippen LogP contribution in [0.4, 0.5) is 0 Å². The van der Waals surface area contributed by atoms with E-state index in [0.29, 0.717) is 0 Å². The van der Waals surface area contributed by atoms with Gasteiger partial charge >= 0.3 is 0 Å². The lowest BCUT2D eigenvalue weighted by Crippen LogP contribution is -1.87. The fourth-order valence-electron chi connectivity index (χ4n) is 0.992. The molecular formula is C8H13NO. The number of aliphatic hydroxyl groups is 1. The Labute approximate surface area is 61.1 Å². The standard InChI is InChI=1S/C8H13NO/c1-9-5-4-8(7-9)3-2-6-10/h4-5,7,10H,2-3,6H2,1H3. The summed E-state index contributed by atoms with van der Waals surface area (Å²) in [5.74, 6) is 0. The van der Waals surface area contributed by atoms with Gasteiger partial charge in [0.25, 0.3) is 0 Å². The third-order valence-electron chi connectivity index (χ3n) is 1.52. The Kier molecular flexibility index (Phi) is 2.51. The molecule has 0 saturated carbocycles. The summed E-state index contributed by atoms with van der Waals surface area (Å²) in [6.07, 6.45) is 5.95. The highest BCUT2D eigenvalue weighted by atomic mass is 16.2. The SMILES string of the molecule is Cn1ccc(CCCO)c1. The molecule has 56 valence electrons. The van der Waals surface area contributed by atoms with Gasteiger partial charge in [0.15, 0.2) is 0 Å². The third-order valence-corrected chi connectivity index (χ3v) is 1.52. The quantitative estimate of drug-likeness (QED) is 0.662. The molecule has 0 fully saturated rings. The molecule has 0 aliphatic heterocycles. The molecule has 0 aliphatic carbocycles. The first kappa shape index (κ1) is 7.35. The molecule has 0 unspecified atom stereocenters. The Bertz CT molecular complexity index is 193. The Morgan fingerprint density at radius 1 is 1.60 bits per heavy atom. The van der Waals surface area contributed by atoms with E-state index < -0.39 is 0 Å². The lowest BCUT2D eigenvalue weighted by molar-refractivity contribution is 0.288. The molecule has 0 aromatic carbocycles. The van der Waals surface area contributed by atoms with E-state index in [9.17, 15) is 0 Å². The minimum atomic E-state index is 0.287. The summed E-state index contributed by atoms with van der Waals surface area (Å²) < 4.78 is 2.02. The van der Waals surface area contributed by atoms with Gasteiger partial charge in [-0.05, 0) is 24.5 Å². The van der Waals surface area contributed by atoms with E-state index >= 15 is 0 Å². The molecule has 1 aromatic rings. The van der Waals surface area contributed by atoms with Crippen LogP contribution in [-0.4, -0.2) is 16.3 Å². The normalized spacial score (nSPS) is 10.2. The second kappa shape index (κ2) is 3.42. The van der Waals surface area contributed by atoms with Gasteiger partial charge in [-0.15, -0.1) is 0 Å². The minimum Gasteiger partial charge on any atom is -0.396 e. The van der Waals surface area contributed by atoms with Gasteiger partial charge in [0.2, 0.25) is 0 Å². The first-order valence-corrected chi connectivity index (χ1v) is 3.54. The summed E-state index contributed by atoms with van der Waals surface area (Å²) in [5.41, 5.74) is 1.30. The van der Waals surface area contributed by atoms with Crippen LogP contribution in [0.5, 0.6) is 0 Å². The van der Waals surface area contributed by atoms with Gasteiger partial charge in [-0.1, -0.05) is 0 Å². The fraction of sp³-hybridized carbons (Fsp3) is 0.500. The smallest absolute Gasteiger partial charge is 0.0434 e. The summed E-state index contributed by atoms with van der Waals surface area (Å²) in [4.78, 5) is 0. The van der Waals surface area contributed by atoms with Crippen LogP contribution in [0.15, 0.2) is 18.5 Å². The van der Waals surface area contributed by atoms with Crippen LogP contribution in [0.3, 0.4) is 0 Å². The molecule has 0 radical (unpaired) electrons.